The van der Waals surface area contributed by atoms with Gasteiger partial charge in [-0.1, -0.05) is 30.3 Å². The van der Waals surface area contributed by atoms with E-state index in [1.165, 1.54) is 17.1 Å². The average Bonchev–Trinajstić information content (AvgIpc) is 3.73. The van der Waals surface area contributed by atoms with Gasteiger partial charge in [0.15, 0.2) is 5.65 Å². The minimum absolute atomic E-state index is 0.126. The summed E-state index contributed by atoms with van der Waals surface area (Å²) in [5.74, 6) is 1.09. The molecule has 0 bridgehead atoms. The van der Waals surface area contributed by atoms with Crippen LogP contribution in [-0.2, 0) is 11.3 Å². The van der Waals surface area contributed by atoms with Crippen LogP contribution in [0.2, 0.25) is 0 Å². The zero-order valence-corrected chi connectivity index (χ0v) is 23.6. The molecule has 6 rings (SSSR count). The molecular weight excluding hydrogens is 520 g/mol. The van der Waals surface area contributed by atoms with Gasteiger partial charge in [-0.2, -0.15) is 5.10 Å². The Morgan fingerprint density at radius 2 is 1.88 bits per heavy atom. The SMILES string of the molecule is CN(C)CCOc1cc(-n2ncc3c(=O)n(CC4(O)CCN(C(=O)C5CC5)CC4)cnc32)ccc1-c1ccccc1. The lowest BCUT2D eigenvalue weighted by atomic mass is 9.91. The van der Waals surface area contributed by atoms with Gasteiger partial charge in [-0.25, -0.2) is 9.67 Å². The fourth-order valence-electron chi connectivity index (χ4n) is 5.41. The molecule has 1 aliphatic carbocycles. The maximum absolute atomic E-state index is 13.4. The smallest absolute Gasteiger partial charge is 0.264 e. The highest BCUT2D eigenvalue weighted by atomic mass is 16.5. The quantitative estimate of drug-likeness (QED) is 0.338. The second-order valence-electron chi connectivity index (χ2n) is 11.5. The summed E-state index contributed by atoms with van der Waals surface area (Å²) in [6.45, 7) is 2.43. The molecule has 1 saturated heterocycles. The Balaban J connectivity index is 1.25. The summed E-state index contributed by atoms with van der Waals surface area (Å²) in [6.07, 6.45) is 5.81. The third kappa shape index (κ3) is 5.75. The van der Waals surface area contributed by atoms with E-state index in [0.717, 1.165) is 42.0 Å². The minimum Gasteiger partial charge on any atom is -0.492 e. The van der Waals surface area contributed by atoms with Crippen molar-refractivity contribution < 1.29 is 14.6 Å². The number of ether oxygens (including phenoxy) is 1. The first-order valence-corrected chi connectivity index (χ1v) is 14.2. The molecule has 0 radical (unpaired) electrons. The molecule has 2 fully saturated rings. The molecule has 2 aliphatic rings. The van der Waals surface area contributed by atoms with E-state index in [-0.39, 0.29) is 23.9 Å². The van der Waals surface area contributed by atoms with Crippen molar-refractivity contribution in [3.05, 3.63) is 71.4 Å². The van der Waals surface area contributed by atoms with Crippen molar-refractivity contribution in [2.24, 2.45) is 5.92 Å². The van der Waals surface area contributed by atoms with Crippen LogP contribution in [0.4, 0.5) is 0 Å². The van der Waals surface area contributed by atoms with Crippen LogP contribution in [-0.4, -0.2) is 86.1 Å². The van der Waals surface area contributed by atoms with E-state index in [9.17, 15) is 14.7 Å². The van der Waals surface area contributed by atoms with Crippen molar-refractivity contribution in [3.63, 3.8) is 0 Å². The second kappa shape index (κ2) is 11.1. The fraction of sp³-hybridized carbons (Fsp3) is 0.419. The molecule has 10 nitrogen and oxygen atoms in total. The van der Waals surface area contributed by atoms with Crippen LogP contribution in [0.25, 0.3) is 27.8 Å². The van der Waals surface area contributed by atoms with Gasteiger partial charge in [-0.3, -0.25) is 14.2 Å². The van der Waals surface area contributed by atoms with E-state index in [4.69, 9.17) is 4.74 Å². The first-order valence-electron chi connectivity index (χ1n) is 14.2. The molecule has 41 heavy (non-hydrogen) atoms. The lowest BCUT2D eigenvalue weighted by Crippen LogP contribution is -2.50. The lowest BCUT2D eigenvalue weighted by molar-refractivity contribution is -0.137. The summed E-state index contributed by atoms with van der Waals surface area (Å²) in [5.41, 5.74) is 1.87. The van der Waals surface area contributed by atoms with Crippen molar-refractivity contribution in [2.45, 2.75) is 37.8 Å². The van der Waals surface area contributed by atoms with Crippen molar-refractivity contribution in [2.75, 3.05) is 40.3 Å². The number of rotatable bonds is 9. The summed E-state index contributed by atoms with van der Waals surface area (Å²) in [6, 6.07) is 15.9. The van der Waals surface area contributed by atoms with E-state index in [1.807, 2.05) is 67.5 Å². The van der Waals surface area contributed by atoms with Gasteiger partial charge < -0.3 is 19.6 Å². The molecule has 214 valence electrons. The number of nitrogens with zero attached hydrogens (tertiary/aromatic N) is 6. The van der Waals surface area contributed by atoms with Crippen LogP contribution in [0, 0.1) is 5.92 Å². The molecule has 0 unspecified atom stereocenters. The number of aromatic nitrogens is 4. The normalized spacial score (nSPS) is 16.8. The molecule has 3 heterocycles. The molecule has 1 amide bonds. The number of fused-ring (bicyclic) bond motifs is 1. The number of hydrogen-bond acceptors (Lipinski definition) is 7. The van der Waals surface area contributed by atoms with Gasteiger partial charge in [0.25, 0.3) is 5.56 Å². The molecule has 0 spiro atoms. The molecule has 10 heteroatoms. The van der Waals surface area contributed by atoms with Gasteiger partial charge in [0.2, 0.25) is 5.91 Å². The predicted octanol–water partition coefficient (Wildman–Crippen LogP) is 2.95. The number of hydrogen-bond donors (Lipinski definition) is 1. The highest BCUT2D eigenvalue weighted by Crippen LogP contribution is 2.34. The van der Waals surface area contributed by atoms with Crippen LogP contribution in [0.5, 0.6) is 5.75 Å². The molecular formula is C31H36N6O4. The first kappa shape index (κ1) is 27.2. The number of amides is 1. The third-order valence-electron chi connectivity index (χ3n) is 8.04. The first-order chi connectivity index (χ1) is 19.8. The Morgan fingerprint density at radius 3 is 2.59 bits per heavy atom. The summed E-state index contributed by atoms with van der Waals surface area (Å²) < 4.78 is 9.31. The standard InChI is InChI=1S/C31H36N6O4/c1-34(2)16-17-41-27-18-24(10-11-25(27)22-6-4-3-5-7-22)37-28-26(19-33-37)30(39)36(21-32-28)20-31(40)12-14-35(15-13-31)29(38)23-8-9-23/h3-7,10-11,18-19,21,23,40H,8-9,12-17,20H2,1-2H3. The summed E-state index contributed by atoms with van der Waals surface area (Å²) in [5, 5.41) is 16.1. The Morgan fingerprint density at radius 1 is 1.12 bits per heavy atom. The molecule has 2 aromatic heterocycles. The molecule has 0 atom stereocenters. The number of likely N-dealkylation sites (tertiary alicyclic amines) is 1. The molecule has 1 aliphatic heterocycles. The van der Waals surface area contributed by atoms with Crippen LogP contribution >= 0.6 is 0 Å². The van der Waals surface area contributed by atoms with Crippen molar-refractivity contribution in [1.29, 1.82) is 0 Å². The zero-order valence-electron chi connectivity index (χ0n) is 23.6. The minimum atomic E-state index is -1.07. The lowest BCUT2D eigenvalue weighted by Gasteiger charge is -2.38. The number of carbonyl (C=O) groups excluding carboxylic acids is 1. The predicted molar refractivity (Wildman–Crippen MR) is 156 cm³/mol. The maximum atomic E-state index is 13.4. The number of aliphatic hydroxyl groups is 1. The third-order valence-corrected chi connectivity index (χ3v) is 8.04. The number of benzene rings is 2. The Kier molecular flexibility index (Phi) is 7.35. The van der Waals surface area contributed by atoms with Crippen molar-refractivity contribution in [1.82, 2.24) is 29.1 Å². The highest BCUT2D eigenvalue weighted by Gasteiger charge is 2.39. The second-order valence-corrected chi connectivity index (χ2v) is 11.5. The van der Waals surface area contributed by atoms with Crippen LogP contribution < -0.4 is 10.3 Å². The van der Waals surface area contributed by atoms with Crippen LogP contribution in [0.15, 0.2) is 65.8 Å². The summed E-state index contributed by atoms with van der Waals surface area (Å²) >= 11 is 0. The fourth-order valence-corrected chi connectivity index (χ4v) is 5.41. The summed E-state index contributed by atoms with van der Waals surface area (Å²) in [7, 11) is 4.01. The number of likely N-dealkylation sites (N-methyl/N-ethyl adjacent to an activating group) is 1. The molecule has 4 aromatic rings. The zero-order chi connectivity index (χ0) is 28.6. The van der Waals surface area contributed by atoms with Gasteiger partial charge in [0, 0.05) is 37.2 Å². The molecule has 1 saturated carbocycles. The van der Waals surface area contributed by atoms with E-state index in [1.54, 1.807) is 4.68 Å². The Bertz CT molecular complexity index is 1600. The van der Waals surface area contributed by atoms with E-state index in [0.29, 0.717) is 43.6 Å². The Labute approximate surface area is 238 Å². The summed E-state index contributed by atoms with van der Waals surface area (Å²) in [4.78, 5) is 34.3. The van der Waals surface area contributed by atoms with Crippen LogP contribution in [0.3, 0.4) is 0 Å². The molecule has 2 aromatic carbocycles. The van der Waals surface area contributed by atoms with Gasteiger partial charge in [0.1, 0.15) is 24.1 Å². The van der Waals surface area contributed by atoms with E-state index < -0.39 is 5.60 Å². The monoisotopic (exact) mass is 556 g/mol. The van der Waals surface area contributed by atoms with E-state index >= 15 is 0 Å². The molecule has 1 N–H and O–H groups in total. The van der Waals surface area contributed by atoms with Gasteiger partial charge in [-0.15, -0.1) is 0 Å². The number of carbonyl (C=O) groups is 1. The van der Waals surface area contributed by atoms with Crippen LogP contribution in [0.1, 0.15) is 25.7 Å². The van der Waals surface area contributed by atoms with Crippen molar-refractivity contribution >= 4 is 16.9 Å². The number of piperidine rings is 1. The van der Waals surface area contributed by atoms with Gasteiger partial charge in [0.05, 0.1) is 24.0 Å². The largest absolute Gasteiger partial charge is 0.492 e. The Hall–Kier alpha value is -4.02. The van der Waals surface area contributed by atoms with Crippen molar-refractivity contribution in [3.8, 4) is 22.6 Å². The van der Waals surface area contributed by atoms with E-state index in [2.05, 4.69) is 15.0 Å². The average molecular weight is 557 g/mol. The van der Waals surface area contributed by atoms with Gasteiger partial charge in [-0.05, 0) is 57.5 Å². The van der Waals surface area contributed by atoms with Gasteiger partial charge >= 0.3 is 0 Å². The topological polar surface area (TPSA) is 106 Å². The maximum Gasteiger partial charge on any atom is 0.264 e. The highest BCUT2D eigenvalue weighted by molar-refractivity contribution is 5.81.